The van der Waals surface area contributed by atoms with Gasteiger partial charge in [-0.3, -0.25) is 14.5 Å². The SMILES string of the molecule is COc1ccccc1-n1cc(CN2CCN3C(=O)[C@H](Cc4ccccc4)N(C)C(=O)[C@H]3C2)cn1. The molecule has 2 fully saturated rings. The third-order valence-electron chi connectivity index (χ3n) is 6.78. The van der Waals surface area contributed by atoms with Crippen LogP contribution in [0.25, 0.3) is 5.69 Å². The van der Waals surface area contributed by atoms with Crippen LogP contribution in [0.15, 0.2) is 67.0 Å². The summed E-state index contributed by atoms with van der Waals surface area (Å²) in [5.41, 5.74) is 2.98. The van der Waals surface area contributed by atoms with Crippen molar-refractivity contribution in [1.82, 2.24) is 24.5 Å². The van der Waals surface area contributed by atoms with E-state index in [0.717, 1.165) is 29.1 Å². The molecule has 0 bridgehead atoms. The number of benzene rings is 2. The molecule has 2 aliphatic heterocycles. The van der Waals surface area contributed by atoms with Gasteiger partial charge in [-0.15, -0.1) is 0 Å². The van der Waals surface area contributed by atoms with Gasteiger partial charge in [-0.05, 0) is 17.7 Å². The predicted molar refractivity (Wildman–Crippen MR) is 128 cm³/mol. The molecule has 1 aromatic heterocycles. The third-order valence-corrected chi connectivity index (χ3v) is 6.78. The standard InChI is InChI=1S/C26H29N5O3/c1-28-22(14-19-8-4-3-5-9-19)26(33)30-13-12-29(18-23(30)25(28)32)16-20-15-27-31(17-20)21-10-6-7-11-24(21)34-2/h3-11,15,17,22-23H,12-14,16,18H2,1-2H3/t22-,23+/m0/s1. The number of fused-ring (bicyclic) bond motifs is 1. The van der Waals surface area contributed by atoms with E-state index in [2.05, 4.69) is 10.00 Å². The molecule has 2 saturated heterocycles. The monoisotopic (exact) mass is 459 g/mol. The Labute approximate surface area is 199 Å². The van der Waals surface area contributed by atoms with Crippen LogP contribution in [-0.2, 0) is 22.6 Å². The molecule has 2 aromatic carbocycles. The molecule has 3 aromatic rings. The maximum atomic E-state index is 13.3. The number of hydrogen-bond donors (Lipinski definition) is 0. The summed E-state index contributed by atoms with van der Waals surface area (Å²) in [6, 6.07) is 16.7. The average molecular weight is 460 g/mol. The van der Waals surface area contributed by atoms with Gasteiger partial charge in [-0.1, -0.05) is 42.5 Å². The number of para-hydroxylation sites is 2. The summed E-state index contributed by atoms with van der Waals surface area (Å²) >= 11 is 0. The van der Waals surface area contributed by atoms with E-state index >= 15 is 0 Å². The van der Waals surface area contributed by atoms with E-state index in [1.165, 1.54) is 0 Å². The van der Waals surface area contributed by atoms with E-state index in [1.807, 2.05) is 71.7 Å². The minimum absolute atomic E-state index is 0.00921. The third kappa shape index (κ3) is 4.17. The Morgan fingerprint density at radius 3 is 2.53 bits per heavy atom. The highest BCUT2D eigenvalue weighted by molar-refractivity contribution is 5.97. The highest BCUT2D eigenvalue weighted by Crippen LogP contribution is 2.25. The van der Waals surface area contributed by atoms with Crippen LogP contribution in [0.1, 0.15) is 11.1 Å². The second-order valence-electron chi connectivity index (χ2n) is 8.90. The van der Waals surface area contributed by atoms with Gasteiger partial charge < -0.3 is 14.5 Å². The lowest BCUT2D eigenvalue weighted by molar-refractivity contribution is -0.164. The van der Waals surface area contributed by atoms with Crippen LogP contribution in [0.5, 0.6) is 5.75 Å². The van der Waals surface area contributed by atoms with E-state index in [1.54, 1.807) is 24.0 Å². The van der Waals surface area contributed by atoms with E-state index in [4.69, 9.17) is 4.74 Å². The van der Waals surface area contributed by atoms with Gasteiger partial charge in [0.1, 0.15) is 23.5 Å². The first-order chi connectivity index (χ1) is 16.5. The molecule has 176 valence electrons. The lowest BCUT2D eigenvalue weighted by Crippen LogP contribution is -2.69. The number of methoxy groups -OCH3 is 1. The number of likely N-dealkylation sites (N-methyl/N-ethyl adjacent to an activating group) is 1. The van der Waals surface area contributed by atoms with Crippen molar-refractivity contribution in [2.45, 2.75) is 25.0 Å². The largest absolute Gasteiger partial charge is 0.494 e. The number of aromatic nitrogens is 2. The lowest BCUT2D eigenvalue weighted by atomic mass is 9.97. The minimum Gasteiger partial charge on any atom is -0.494 e. The Bertz CT molecular complexity index is 1180. The van der Waals surface area contributed by atoms with Crippen LogP contribution >= 0.6 is 0 Å². The second-order valence-corrected chi connectivity index (χ2v) is 8.90. The smallest absolute Gasteiger partial charge is 0.247 e. The number of nitrogens with zero attached hydrogens (tertiary/aromatic N) is 5. The van der Waals surface area contributed by atoms with Gasteiger partial charge in [0, 0.05) is 51.4 Å². The van der Waals surface area contributed by atoms with E-state index in [9.17, 15) is 9.59 Å². The fourth-order valence-corrected chi connectivity index (χ4v) is 4.92. The quantitative estimate of drug-likeness (QED) is 0.564. The molecule has 8 heteroatoms. The van der Waals surface area contributed by atoms with Crippen LogP contribution in [0, 0.1) is 0 Å². The molecule has 3 heterocycles. The number of piperazine rings is 2. The van der Waals surface area contributed by atoms with Crippen molar-refractivity contribution in [3.63, 3.8) is 0 Å². The summed E-state index contributed by atoms with van der Waals surface area (Å²) in [4.78, 5) is 32.2. The molecule has 5 rings (SSSR count). The zero-order chi connectivity index (χ0) is 23.7. The molecule has 0 spiro atoms. The first kappa shape index (κ1) is 22.2. The predicted octanol–water partition coefficient (Wildman–Crippen LogP) is 1.98. The number of amides is 2. The van der Waals surface area contributed by atoms with Gasteiger partial charge in [0.25, 0.3) is 0 Å². The number of ether oxygens (including phenoxy) is 1. The average Bonchev–Trinajstić information content (AvgIpc) is 3.34. The molecule has 2 amide bonds. The summed E-state index contributed by atoms with van der Waals surface area (Å²) in [7, 11) is 3.40. The Morgan fingerprint density at radius 2 is 1.74 bits per heavy atom. The van der Waals surface area contributed by atoms with Gasteiger partial charge in [-0.25, -0.2) is 4.68 Å². The maximum Gasteiger partial charge on any atom is 0.247 e. The second kappa shape index (κ2) is 9.30. The summed E-state index contributed by atoms with van der Waals surface area (Å²) < 4.78 is 7.25. The Hall–Kier alpha value is -3.65. The highest BCUT2D eigenvalue weighted by atomic mass is 16.5. The van der Waals surface area contributed by atoms with Crippen LogP contribution < -0.4 is 4.74 Å². The van der Waals surface area contributed by atoms with Crippen molar-refractivity contribution >= 4 is 11.8 Å². The summed E-state index contributed by atoms with van der Waals surface area (Å²) in [5.74, 6) is 0.805. The molecular formula is C26H29N5O3. The van der Waals surface area contributed by atoms with Crippen LogP contribution in [-0.4, -0.2) is 82.2 Å². The van der Waals surface area contributed by atoms with Crippen molar-refractivity contribution in [1.29, 1.82) is 0 Å². The van der Waals surface area contributed by atoms with Gasteiger partial charge in [0.05, 0.1) is 13.3 Å². The molecule has 0 N–H and O–H groups in total. The van der Waals surface area contributed by atoms with Crippen molar-refractivity contribution in [3.05, 3.63) is 78.1 Å². The first-order valence-electron chi connectivity index (χ1n) is 11.6. The normalized spacial score (nSPS) is 21.0. The summed E-state index contributed by atoms with van der Waals surface area (Å²) in [6.45, 7) is 2.46. The molecule has 34 heavy (non-hydrogen) atoms. The number of hydrogen-bond acceptors (Lipinski definition) is 5. The molecule has 0 radical (unpaired) electrons. The molecule has 0 saturated carbocycles. The van der Waals surface area contributed by atoms with Crippen molar-refractivity contribution < 1.29 is 14.3 Å². The van der Waals surface area contributed by atoms with E-state index in [0.29, 0.717) is 26.1 Å². The first-order valence-corrected chi connectivity index (χ1v) is 11.6. The zero-order valence-corrected chi connectivity index (χ0v) is 19.5. The molecule has 2 aliphatic rings. The maximum absolute atomic E-state index is 13.3. The van der Waals surface area contributed by atoms with Crippen LogP contribution in [0.4, 0.5) is 0 Å². The molecule has 2 atom stereocenters. The number of rotatable bonds is 6. The molecule has 8 nitrogen and oxygen atoms in total. The van der Waals surface area contributed by atoms with Crippen molar-refractivity contribution in [2.75, 3.05) is 33.8 Å². The summed E-state index contributed by atoms with van der Waals surface area (Å²) in [6.07, 6.45) is 4.37. The van der Waals surface area contributed by atoms with Gasteiger partial charge in [0.15, 0.2) is 0 Å². The van der Waals surface area contributed by atoms with Crippen LogP contribution in [0.3, 0.4) is 0 Å². The zero-order valence-electron chi connectivity index (χ0n) is 19.5. The molecule has 0 aliphatic carbocycles. The molecule has 0 unspecified atom stereocenters. The number of carbonyl (C=O) groups is 2. The molecular weight excluding hydrogens is 430 g/mol. The van der Waals surface area contributed by atoms with Crippen molar-refractivity contribution in [3.8, 4) is 11.4 Å². The summed E-state index contributed by atoms with van der Waals surface area (Å²) in [5, 5.41) is 4.50. The Morgan fingerprint density at radius 1 is 0.971 bits per heavy atom. The van der Waals surface area contributed by atoms with Gasteiger partial charge in [0.2, 0.25) is 11.8 Å². The van der Waals surface area contributed by atoms with E-state index < -0.39 is 12.1 Å². The lowest BCUT2D eigenvalue weighted by Gasteiger charge is -2.48. The Balaban J connectivity index is 1.26. The Kier molecular flexibility index (Phi) is 6.06. The van der Waals surface area contributed by atoms with Crippen molar-refractivity contribution in [2.24, 2.45) is 0 Å². The minimum atomic E-state index is -0.447. The fraction of sp³-hybridized carbons (Fsp3) is 0.346. The van der Waals surface area contributed by atoms with E-state index in [-0.39, 0.29) is 11.8 Å². The number of carbonyl (C=O) groups excluding carboxylic acids is 2. The van der Waals surface area contributed by atoms with Gasteiger partial charge >= 0.3 is 0 Å². The fourth-order valence-electron chi connectivity index (χ4n) is 4.92. The van der Waals surface area contributed by atoms with Gasteiger partial charge in [-0.2, -0.15) is 5.10 Å². The highest BCUT2D eigenvalue weighted by Gasteiger charge is 2.46. The van der Waals surface area contributed by atoms with Crippen LogP contribution in [0.2, 0.25) is 0 Å². The topological polar surface area (TPSA) is 70.9 Å².